The van der Waals surface area contributed by atoms with E-state index in [1.807, 2.05) is 84.2 Å². The van der Waals surface area contributed by atoms with Gasteiger partial charge in [0.1, 0.15) is 16.8 Å². The van der Waals surface area contributed by atoms with Gasteiger partial charge in [0.25, 0.3) is 5.91 Å². The molecule has 10 heteroatoms. The summed E-state index contributed by atoms with van der Waals surface area (Å²) in [5.41, 5.74) is 7.58. The Bertz CT molecular complexity index is 1940. The molecule has 1 unspecified atom stereocenters. The summed E-state index contributed by atoms with van der Waals surface area (Å²) in [6.07, 6.45) is 5.12. The quantitative estimate of drug-likeness (QED) is 0.218. The molecule has 5 heterocycles. The molecule has 2 aliphatic heterocycles. The van der Waals surface area contributed by atoms with Crippen LogP contribution >= 0.6 is 0 Å². The van der Waals surface area contributed by atoms with Crippen LogP contribution in [0.5, 0.6) is 0 Å². The minimum atomic E-state index is -0.640. The number of amides is 2. The zero-order chi connectivity index (χ0) is 35.4. The van der Waals surface area contributed by atoms with E-state index < -0.39 is 17.3 Å². The highest BCUT2D eigenvalue weighted by Gasteiger charge is 2.36. The first-order valence-electron chi connectivity index (χ1n) is 17.1. The smallest absolute Gasteiger partial charge is 0.420 e. The highest BCUT2D eigenvalue weighted by molar-refractivity contribution is 5.95. The van der Waals surface area contributed by atoms with Crippen LogP contribution in [-0.4, -0.2) is 66.7 Å². The van der Waals surface area contributed by atoms with E-state index in [9.17, 15) is 14.4 Å². The summed E-state index contributed by atoms with van der Waals surface area (Å²) in [7, 11) is 0. The second kappa shape index (κ2) is 12.6. The average Bonchev–Trinajstić information content (AvgIpc) is 3.62. The third-order valence-electron chi connectivity index (χ3n) is 8.99. The molecule has 4 aromatic rings. The van der Waals surface area contributed by atoms with Crippen LogP contribution in [0.1, 0.15) is 104 Å². The molecule has 49 heavy (non-hydrogen) atoms. The van der Waals surface area contributed by atoms with Gasteiger partial charge < -0.3 is 19.3 Å². The Morgan fingerprint density at radius 2 is 1.51 bits per heavy atom. The molecular formula is C39H47N5O5. The van der Waals surface area contributed by atoms with Crippen molar-refractivity contribution in [1.29, 1.82) is 0 Å². The number of carbonyl (C=O) groups excluding carboxylic acids is 3. The van der Waals surface area contributed by atoms with Gasteiger partial charge in [-0.15, -0.1) is 0 Å². The number of hydrogen-bond acceptors (Lipinski definition) is 7. The molecule has 10 nitrogen and oxygen atoms in total. The lowest BCUT2D eigenvalue weighted by Gasteiger charge is -2.34. The van der Waals surface area contributed by atoms with Gasteiger partial charge in [0.05, 0.1) is 6.04 Å². The fourth-order valence-electron chi connectivity index (χ4n) is 7.01. The summed E-state index contributed by atoms with van der Waals surface area (Å²) in [6, 6.07) is 9.92. The minimum absolute atomic E-state index is 0.0235. The molecule has 0 saturated carbocycles. The van der Waals surface area contributed by atoms with E-state index in [1.54, 1.807) is 12.4 Å². The van der Waals surface area contributed by atoms with E-state index >= 15 is 0 Å². The maximum absolute atomic E-state index is 13.8. The normalized spacial score (nSPS) is 16.6. The first kappa shape index (κ1) is 34.1. The number of aryl methyl sites for hydroxylation is 3. The van der Waals surface area contributed by atoms with Crippen molar-refractivity contribution >= 4 is 29.1 Å². The van der Waals surface area contributed by atoms with Crippen molar-refractivity contribution in [3.63, 3.8) is 0 Å². The van der Waals surface area contributed by atoms with Crippen LogP contribution in [-0.2, 0) is 22.4 Å². The molecule has 1 fully saturated rings. The van der Waals surface area contributed by atoms with Gasteiger partial charge in [-0.3, -0.25) is 9.78 Å². The molecule has 6 rings (SSSR count). The Morgan fingerprint density at radius 3 is 2.18 bits per heavy atom. The van der Waals surface area contributed by atoms with E-state index in [0.717, 1.165) is 57.4 Å². The lowest BCUT2D eigenvalue weighted by Crippen LogP contribution is -2.38. The molecular weight excluding hydrogens is 618 g/mol. The molecule has 0 spiro atoms. The zero-order valence-corrected chi connectivity index (χ0v) is 30.1. The first-order valence-corrected chi connectivity index (χ1v) is 17.1. The van der Waals surface area contributed by atoms with Crippen LogP contribution in [0.25, 0.3) is 22.2 Å². The van der Waals surface area contributed by atoms with Gasteiger partial charge in [0.2, 0.25) is 0 Å². The van der Waals surface area contributed by atoms with Crippen LogP contribution in [0, 0.1) is 20.8 Å². The maximum atomic E-state index is 13.8. The first-order chi connectivity index (χ1) is 23.0. The Kier molecular flexibility index (Phi) is 8.79. The molecule has 2 aliphatic rings. The van der Waals surface area contributed by atoms with Gasteiger partial charge in [-0.1, -0.05) is 0 Å². The second-order valence-corrected chi connectivity index (χ2v) is 15.4. The predicted octanol–water partition coefficient (Wildman–Crippen LogP) is 8.08. The highest BCUT2D eigenvalue weighted by Crippen LogP contribution is 2.41. The zero-order valence-electron chi connectivity index (χ0n) is 30.1. The van der Waals surface area contributed by atoms with E-state index in [4.69, 9.17) is 14.5 Å². The summed E-state index contributed by atoms with van der Waals surface area (Å²) in [6.45, 7) is 18.6. The molecule has 3 aromatic heterocycles. The SMILES string of the molecule is Cc1cc(C(=O)N2CCc3c(cc(-c4cnc5c(c4)c(C)cn5C(=O)OC(C)(C)C)cc3C3CCCN3C(=O)OC(C)(C)C)C2)cc(C)n1. The van der Waals surface area contributed by atoms with Crippen LogP contribution in [0.4, 0.5) is 9.59 Å². The number of fused-ring (bicyclic) bond motifs is 2. The second-order valence-electron chi connectivity index (χ2n) is 15.4. The Hall–Kier alpha value is -4.73. The lowest BCUT2D eigenvalue weighted by atomic mass is 9.86. The Morgan fingerprint density at radius 1 is 0.837 bits per heavy atom. The van der Waals surface area contributed by atoms with Crippen molar-refractivity contribution in [2.24, 2.45) is 0 Å². The number of likely N-dealkylation sites (tertiary alicyclic amines) is 1. The van der Waals surface area contributed by atoms with E-state index in [1.165, 1.54) is 10.1 Å². The van der Waals surface area contributed by atoms with Crippen molar-refractivity contribution < 1.29 is 23.9 Å². The molecule has 258 valence electrons. The van der Waals surface area contributed by atoms with Crippen LogP contribution in [0.2, 0.25) is 0 Å². The fourth-order valence-corrected chi connectivity index (χ4v) is 7.01. The molecule has 1 aromatic carbocycles. The van der Waals surface area contributed by atoms with Crippen LogP contribution < -0.4 is 0 Å². The topological polar surface area (TPSA) is 107 Å². The molecule has 1 saturated heterocycles. The van der Waals surface area contributed by atoms with Crippen molar-refractivity contribution in [3.05, 3.63) is 81.9 Å². The molecule has 0 bridgehead atoms. The van der Waals surface area contributed by atoms with E-state index in [2.05, 4.69) is 23.2 Å². The number of hydrogen-bond donors (Lipinski definition) is 0. The number of aromatic nitrogens is 3. The molecule has 2 amide bonds. The Labute approximate surface area is 288 Å². The number of pyridine rings is 2. The number of rotatable bonds is 3. The van der Waals surface area contributed by atoms with Gasteiger partial charge >= 0.3 is 12.2 Å². The molecule has 0 aliphatic carbocycles. The van der Waals surface area contributed by atoms with Gasteiger partial charge in [0, 0.05) is 59.9 Å². The van der Waals surface area contributed by atoms with Gasteiger partial charge in [0.15, 0.2) is 0 Å². The van der Waals surface area contributed by atoms with Crippen molar-refractivity contribution in [3.8, 4) is 11.1 Å². The summed E-state index contributed by atoms with van der Waals surface area (Å²) in [5.74, 6) is -0.0235. The largest absolute Gasteiger partial charge is 0.444 e. The Balaban J connectivity index is 1.43. The monoisotopic (exact) mass is 665 g/mol. The number of benzene rings is 1. The fraction of sp³-hybridized carbons (Fsp3) is 0.462. The highest BCUT2D eigenvalue weighted by atomic mass is 16.6. The number of carbonyl (C=O) groups is 3. The summed E-state index contributed by atoms with van der Waals surface area (Å²) in [4.78, 5) is 53.2. The van der Waals surface area contributed by atoms with Crippen LogP contribution in [0.15, 0.2) is 42.7 Å². The lowest BCUT2D eigenvalue weighted by molar-refractivity contribution is 0.0223. The maximum Gasteiger partial charge on any atom is 0.420 e. The van der Waals surface area contributed by atoms with Crippen molar-refractivity contribution in [2.75, 3.05) is 13.1 Å². The van der Waals surface area contributed by atoms with E-state index in [0.29, 0.717) is 37.3 Å². The van der Waals surface area contributed by atoms with E-state index in [-0.39, 0.29) is 18.0 Å². The van der Waals surface area contributed by atoms with Crippen LogP contribution in [0.3, 0.4) is 0 Å². The predicted molar refractivity (Wildman–Crippen MR) is 189 cm³/mol. The summed E-state index contributed by atoms with van der Waals surface area (Å²) < 4.78 is 12.9. The van der Waals surface area contributed by atoms with Crippen molar-refractivity contribution in [2.45, 2.75) is 105 Å². The minimum Gasteiger partial charge on any atom is -0.444 e. The molecule has 1 atom stereocenters. The third-order valence-corrected chi connectivity index (χ3v) is 8.99. The molecule has 0 radical (unpaired) electrons. The molecule has 0 N–H and O–H groups in total. The van der Waals surface area contributed by atoms with Crippen molar-refractivity contribution in [1.82, 2.24) is 24.3 Å². The van der Waals surface area contributed by atoms with Gasteiger partial charge in [-0.25, -0.2) is 19.1 Å². The summed E-state index contributed by atoms with van der Waals surface area (Å²) in [5, 5.41) is 0.846. The van der Waals surface area contributed by atoms with Gasteiger partial charge in [-0.05, 0) is 140 Å². The summed E-state index contributed by atoms with van der Waals surface area (Å²) >= 11 is 0. The standard InChI is InChI=1S/C39H47N5O5/c1-23-21-44(37(47)49-39(7,8)9)34-31(23)19-28(20-40-34)26-17-29-22-42(35(45)27-15-24(2)41-25(3)16-27)14-12-30(29)32(18-26)33-11-10-13-43(33)36(46)48-38(4,5)6/h15-21,33H,10-14,22H2,1-9H3. The third kappa shape index (κ3) is 7.19. The number of ether oxygens (including phenoxy) is 2. The number of nitrogens with zero attached hydrogens (tertiary/aromatic N) is 5. The average molecular weight is 666 g/mol. The van der Waals surface area contributed by atoms with Gasteiger partial charge in [-0.2, -0.15) is 0 Å².